The maximum atomic E-state index is 6.90. The number of hydrogen-bond donors (Lipinski definition) is 0. The summed E-state index contributed by atoms with van der Waals surface area (Å²) in [5, 5.41) is 0.794. The van der Waals surface area contributed by atoms with Gasteiger partial charge in [-0.2, -0.15) is 4.99 Å². The van der Waals surface area contributed by atoms with Crippen LogP contribution >= 0.6 is 23.2 Å². The molecule has 44 heavy (non-hydrogen) atoms. The minimum atomic E-state index is -1.12. The van der Waals surface area contributed by atoms with E-state index in [1.54, 1.807) is 6.07 Å². The van der Waals surface area contributed by atoms with Gasteiger partial charge in [0.15, 0.2) is 5.60 Å². The first-order valence-electron chi connectivity index (χ1n) is 14.4. The Balaban J connectivity index is 1.48. The van der Waals surface area contributed by atoms with Crippen LogP contribution in [0.3, 0.4) is 0 Å². The number of fused-ring (bicyclic) bond motifs is 1. The zero-order valence-corrected chi connectivity index (χ0v) is 26.6. The minimum absolute atomic E-state index is 0.111. The molecule has 0 atom stereocenters. The third-order valence-corrected chi connectivity index (χ3v) is 8.55. The van der Waals surface area contributed by atoms with Crippen LogP contribution in [0.4, 0.5) is 17.1 Å². The molecule has 1 aliphatic heterocycles. The standard InChI is InChI=1S/C37H33Cl2N3O2/c1-41(2)30-18-12-27(13-19-30)37(28-14-20-31(21-15-28)42(3)4)32-23-33(38)34(39)24-35(32)43-36(44-37)40-29-16-10-26(11-17-29)22-25-8-6-5-7-9-25/h5-21,23-24H,22H2,1-4H3. The molecule has 0 aliphatic carbocycles. The highest BCUT2D eigenvalue weighted by Gasteiger charge is 2.46. The Morgan fingerprint density at radius 1 is 0.636 bits per heavy atom. The monoisotopic (exact) mass is 621 g/mol. The van der Waals surface area contributed by atoms with Crippen LogP contribution in [0, 0.1) is 0 Å². The first-order chi connectivity index (χ1) is 21.2. The van der Waals surface area contributed by atoms with Gasteiger partial charge in [-0.05, 0) is 60.0 Å². The SMILES string of the molecule is CN(C)c1ccc(C2(c3ccc(N(C)C)cc3)OC(=Nc3ccc(Cc4ccccc4)cc3)Oc3cc(Cl)c(Cl)cc32)cc1. The number of ether oxygens (including phenoxy) is 2. The fourth-order valence-corrected chi connectivity index (χ4v) is 5.76. The molecule has 0 saturated carbocycles. The van der Waals surface area contributed by atoms with E-state index < -0.39 is 5.60 Å². The Bertz CT molecular complexity index is 1730. The summed E-state index contributed by atoms with van der Waals surface area (Å²) in [5.41, 5.74) is 6.69. The van der Waals surface area contributed by atoms with E-state index in [9.17, 15) is 0 Å². The third-order valence-electron chi connectivity index (χ3n) is 7.83. The number of anilines is 2. The highest BCUT2D eigenvalue weighted by Crippen LogP contribution is 2.50. The van der Waals surface area contributed by atoms with Gasteiger partial charge < -0.3 is 19.3 Å². The van der Waals surface area contributed by atoms with E-state index in [1.165, 1.54) is 11.1 Å². The predicted octanol–water partition coefficient (Wildman–Crippen LogP) is 9.10. The maximum Gasteiger partial charge on any atom is 0.396 e. The molecule has 6 rings (SSSR count). The van der Waals surface area contributed by atoms with Gasteiger partial charge in [-0.3, -0.25) is 0 Å². The minimum Gasteiger partial charge on any atom is -0.429 e. The van der Waals surface area contributed by atoms with E-state index in [0.29, 0.717) is 21.5 Å². The lowest BCUT2D eigenvalue weighted by Crippen LogP contribution is -2.41. The van der Waals surface area contributed by atoms with Crippen molar-refractivity contribution in [2.75, 3.05) is 38.0 Å². The van der Waals surface area contributed by atoms with Crippen LogP contribution in [-0.4, -0.2) is 34.3 Å². The molecule has 0 bridgehead atoms. The van der Waals surface area contributed by atoms with Crippen molar-refractivity contribution in [3.8, 4) is 5.75 Å². The smallest absolute Gasteiger partial charge is 0.396 e. The van der Waals surface area contributed by atoms with Crippen molar-refractivity contribution in [2.24, 2.45) is 4.99 Å². The van der Waals surface area contributed by atoms with E-state index in [-0.39, 0.29) is 6.08 Å². The summed E-state index contributed by atoms with van der Waals surface area (Å²) in [7, 11) is 8.07. The molecule has 0 spiro atoms. The zero-order chi connectivity index (χ0) is 30.8. The summed E-state index contributed by atoms with van der Waals surface area (Å²) in [6.45, 7) is 0. The summed E-state index contributed by atoms with van der Waals surface area (Å²) in [6, 6.07) is 38.6. The summed E-state index contributed by atoms with van der Waals surface area (Å²) < 4.78 is 13.2. The second-order valence-electron chi connectivity index (χ2n) is 11.2. The second kappa shape index (κ2) is 12.3. The molecule has 0 radical (unpaired) electrons. The van der Waals surface area contributed by atoms with E-state index >= 15 is 0 Å². The van der Waals surface area contributed by atoms with Gasteiger partial charge in [-0.15, -0.1) is 0 Å². The Kier molecular flexibility index (Phi) is 8.26. The average Bonchev–Trinajstić information content (AvgIpc) is 3.03. The van der Waals surface area contributed by atoms with E-state index in [0.717, 1.165) is 34.5 Å². The number of nitrogens with zero attached hydrogens (tertiary/aromatic N) is 3. The average molecular weight is 623 g/mol. The molecule has 5 aromatic rings. The second-order valence-corrected chi connectivity index (χ2v) is 12.1. The van der Waals surface area contributed by atoms with Crippen molar-refractivity contribution in [3.63, 3.8) is 0 Å². The van der Waals surface area contributed by atoms with Crippen LogP contribution in [0.5, 0.6) is 5.75 Å². The van der Waals surface area contributed by atoms with Gasteiger partial charge in [-0.1, -0.05) is 89.9 Å². The summed E-state index contributed by atoms with van der Waals surface area (Å²) in [5.74, 6) is 0.526. The largest absolute Gasteiger partial charge is 0.429 e. The van der Waals surface area contributed by atoms with Gasteiger partial charge in [0.05, 0.1) is 15.7 Å². The molecular weight excluding hydrogens is 589 g/mol. The molecular formula is C37H33Cl2N3O2. The lowest BCUT2D eigenvalue weighted by Gasteiger charge is -2.40. The number of hydrogen-bond acceptors (Lipinski definition) is 5. The van der Waals surface area contributed by atoms with E-state index in [1.807, 2.05) is 52.5 Å². The molecule has 0 fully saturated rings. The molecule has 1 heterocycles. The van der Waals surface area contributed by atoms with Crippen molar-refractivity contribution < 1.29 is 9.47 Å². The Labute approximate surface area is 268 Å². The van der Waals surface area contributed by atoms with Crippen LogP contribution in [0.25, 0.3) is 0 Å². The van der Waals surface area contributed by atoms with Crippen molar-refractivity contribution >= 4 is 46.3 Å². The van der Waals surface area contributed by atoms with Gasteiger partial charge >= 0.3 is 6.08 Å². The van der Waals surface area contributed by atoms with Gasteiger partial charge in [0.2, 0.25) is 0 Å². The highest BCUT2D eigenvalue weighted by molar-refractivity contribution is 6.42. The molecule has 5 aromatic carbocycles. The van der Waals surface area contributed by atoms with Crippen molar-refractivity contribution in [2.45, 2.75) is 12.0 Å². The van der Waals surface area contributed by atoms with Crippen molar-refractivity contribution in [3.05, 3.63) is 153 Å². The van der Waals surface area contributed by atoms with Gasteiger partial charge in [0.1, 0.15) is 5.75 Å². The van der Waals surface area contributed by atoms with Crippen LogP contribution in [0.2, 0.25) is 10.0 Å². The fraction of sp³-hybridized carbons (Fsp3) is 0.162. The van der Waals surface area contributed by atoms with Gasteiger partial charge in [0.25, 0.3) is 0 Å². The van der Waals surface area contributed by atoms with E-state index in [2.05, 4.69) is 94.7 Å². The normalized spacial score (nSPS) is 14.4. The summed E-state index contributed by atoms with van der Waals surface area (Å²) in [6.07, 6.45) is 0.951. The Hall–Kier alpha value is -4.45. The molecule has 0 amide bonds. The topological polar surface area (TPSA) is 37.3 Å². The van der Waals surface area contributed by atoms with Crippen LogP contribution in [0.1, 0.15) is 27.8 Å². The quantitative estimate of drug-likeness (QED) is 0.182. The van der Waals surface area contributed by atoms with Gasteiger partial charge in [0, 0.05) is 62.3 Å². The van der Waals surface area contributed by atoms with Crippen LogP contribution in [-0.2, 0) is 16.8 Å². The molecule has 0 N–H and O–H groups in total. The lowest BCUT2D eigenvalue weighted by atomic mass is 9.79. The van der Waals surface area contributed by atoms with Crippen LogP contribution < -0.4 is 14.5 Å². The van der Waals surface area contributed by atoms with Crippen molar-refractivity contribution in [1.29, 1.82) is 0 Å². The predicted molar refractivity (Wildman–Crippen MR) is 182 cm³/mol. The maximum absolute atomic E-state index is 6.90. The number of halogens is 2. The third kappa shape index (κ3) is 5.86. The fourth-order valence-electron chi connectivity index (χ4n) is 5.44. The van der Waals surface area contributed by atoms with Gasteiger partial charge in [-0.25, -0.2) is 0 Å². The number of benzene rings is 5. The molecule has 7 heteroatoms. The molecule has 0 unspecified atom stereocenters. The summed E-state index contributed by atoms with van der Waals surface area (Å²) >= 11 is 13.2. The number of aliphatic imine (C=N–C) groups is 1. The number of rotatable bonds is 7. The first kappa shape index (κ1) is 29.6. The Morgan fingerprint density at radius 2 is 1.16 bits per heavy atom. The highest BCUT2D eigenvalue weighted by atomic mass is 35.5. The molecule has 222 valence electrons. The van der Waals surface area contributed by atoms with Crippen molar-refractivity contribution in [1.82, 2.24) is 0 Å². The first-order valence-corrected chi connectivity index (χ1v) is 15.1. The molecule has 5 nitrogen and oxygen atoms in total. The molecule has 1 aliphatic rings. The molecule has 0 aromatic heterocycles. The summed E-state index contributed by atoms with van der Waals surface area (Å²) in [4.78, 5) is 8.96. The van der Waals surface area contributed by atoms with E-state index in [4.69, 9.17) is 37.7 Å². The lowest BCUT2D eigenvalue weighted by molar-refractivity contribution is 0.0831. The zero-order valence-electron chi connectivity index (χ0n) is 25.1. The molecule has 0 saturated heterocycles. The van der Waals surface area contributed by atoms with Crippen LogP contribution in [0.15, 0.2) is 120 Å². The Morgan fingerprint density at radius 3 is 1.70 bits per heavy atom.